The summed E-state index contributed by atoms with van der Waals surface area (Å²) >= 11 is 0. The Balaban J connectivity index is 0.00000120. The van der Waals surface area contributed by atoms with Crippen molar-refractivity contribution in [1.29, 1.82) is 0 Å². The number of piperidine rings is 1. The predicted molar refractivity (Wildman–Crippen MR) is 73.6 cm³/mol. The number of rotatable bonds is 1. The molecule has 0 spiro atoms. The lowest BCUT2D eigenvalue weighted by atomic mass is 10.0. The molecule has 2 heterocycles. The fraction of sp³-hybridized carbons (Fsp3) is 0.500. The van der Waals surface area contributed by atoms with Crippen LogP contribution in [0.2, 0.25) is 0 Å². The van der Waals surface area contributed by atoms with Crippen LogP contribution in [0.25, 0.3) is 0 Å². The van der Waals surface area contributed by atoms with Gasteiger partial charge in [0, 0.05) is 13.1 Å². The normalized spacial score (nSPS) is 22.2. The third kappa shape index (κ3) is 2.52. The third-order valence-electron chi connectivity index (χ3n) is 3.76. The highest BCUT2D eigenvalue weighted by Crippen LogP contribution is 2.23. The Morgan fingerprint density at radius 2 is 1.83 bits per heavy atom. The van der Waals surface area contributed by atoms with Crippen LogP contribution in [0.4, 0.5) is 0 Å². The third-order valence-corrected chi connectivity index (χ3v) is 3.76. The molecule has 1 aromatic rings. The van der Waals surface area contributed by atoms with Gasteiger partial charge in [-0.15, -0.1) is 12.4 Å². The lowest BCUT2D eigenvalue weighted by molar-refractivity contribution is -0.134. The van der Waals surface area contributed by atoms with E-state index in [9.17, 15) is 4.79 Å². The maximum absolute atomic E-state index is 12.3. The molecule has 1 saturated heterocycles. The maximum atomic E-state index is 12.3. The number of hydrogen-bond donors (Lipinski definition) is 1. The van der Waals surface area contributed by atoms with E-state index in [1.165, 1.54) is 24.0 Å². The Labute approximate surface area is 114 Å². The molecule has 1 N–H and O–H groups in total. The second-order valence-corrected chi connectivity index (χ2v) is 4.97. The fourth-order valence-electron chi connectivity index (χ4n) is 2.77. The second kappa shape index (κ2) is 5.72. The summed E-state index contributed by atoms with van der Waals surface area (Å²) in [6.07, 6.45) is 3.36. The maximum Gasteiger partial charge on any atom is 0.240 e. The zero-order valence-electron chi connectivity index (χ0n) is 10.4. The highest BCUT2D eigenvalue weighted by atomic mass is 35.5. The summed E-state index contributed by atoms with van der Waals surface area (Å²) < 4.78 is 0. The summed E-state index contributed by atoms with van der Waals surface area (Å²) in [6, 6.07) is 8.39. The number of carbonyl (C=O) groups excluding carboxylic acids is 1. The van der Waals surface area contributed by atoms with E-state index in [1.54, 1.807) is 0 Å². The van der Waals surface area contributed by atoms with Gasteiger partial charge in [-0.1, -0.05) is 30.7 Å². The number of amides is 1. The molecule has 3 nitrogen and oxygen atoms in total. The van der Waals surface area contributed by atoms with Gasteiger partial charge in [0.1, 0.15) is 0 Å². The minimum absolute atomic E-state index is 0. The highest BCUT2D eigenvalue weighted by molar-refractivity contribution is 5.85. The van der Waals surface area contributed by atoms with E-state index in [0.717, 1.165) is 26.1 Å². The molecule has 1 atom stereocenters. The van der Waals surface area contributed by atoms with E-state index in [2.05, 4.69) is 17.4 Å². The molecular formula is C14H19ClN2O. The van der Waals surface area contributed by atoms with Crippen molar-refractivity contribution < 1.29 is 4.79 Å². The van der Waals surface area contributed by atoms with Gasteiger partial charge in [0.05, 0.1) is 6.04 Å². The van der Waals surface area contributed by atoms with Crippen molar-refractivity contribution in [2.75, 3.05) is 6.54 Å². The first-order valence-electron chi connectivity index (χ1n) is 6.43. The van der Waals surface area contributed by atoms with Crippen LogP contribution in [-0.2, 0) is 17.9 Å². The summed E-state index contributed by atoms with van der Waals surface area (Å²) in [5.41, 5.74) is 2.60. The highest BCUT2D eigenvalue weighted by Gasteiger charge is 2.29. The van der Waals surface area contributed by atoms with Crippen LogP contribution in [0.3, 0.4) is 0 Å². The minimum atomic E-state index is 0. The van der Waals surface area contributed by atoms with Crippen LogP contribution >= 0.6 is 12.4 Å². The van der Waals surface area contributed by atoms with E-state index < -0.39 is 0 Å². The first kappa shape index (κ1) is 13.4. The Kier molecular flexibility index (Phi) is 4.25. The molecule has 0 aliphatic carbocycles. The van der Waals surface area contributed by atoms with Gasteiger partial charge in [-0.3, -0.25) is 4.79 Å². The van der Waals surface area contributed by atoms with E-state index >= 15 is 0 Å². The number of hydrogen-bond acceptors (Lipinski definition) is 2. The smallest absolute Gasteiger partial charge is 0.240 e. The zero-order valence-corrected chi connectivity index (χ0v) is 11.2. The molecule has 0 saturated carbocycles. The van der Waals surface area contributed by atoms with Gasteiger partial charge in [-0.25, -0.2) is 0 Å². The Morgan fingerprint density at radius 1 is 1.17 bits per heavy atom. The minimum Gasteiger partial charge on any atom is -0.333 e. The van der Waals surface area contributed by atoms with Gasteiger partial charge in [-0.2, -0.15) is 0 Å². The predicted octanol–water partition coefficient (Wildman–Crippen LogP) is 2.09. The van der Waals surface area contributed by atoms with E-state index in [4.69, 9.17) is 0 Å². The van der Waals surface area contributed by atoms with E-state index in [-0.39, 0.29) is 24.4 Å². The van der Waals surface area contributed by atoms with Crippen molar-refractivity contribution in [3.8, 4) is 0 Å². The van der Waals surface area contributed by atoms with Crippen molar-refractivity contribution in [3.05, 3.63) is 35.4 Å². The SMILES string of the molecule is Cl.O=C([C@H]1CCCCN1)N1Cc2ccccc2C1. The lowest BCUT2D eigenvalue weighted by Gasteiger charge is -2.27. The van der Waals surface area contributed by atoms with Gasteiger partial charge in [0.25, 0.3) is 0 Å². The van der Waals surface area contributed by atoms with Gasteiger partial charge in [-0.05, 0) is 30.5 Å². The van der Waals surface area contributed by atoms with Crippen LogP contribution in [0.5, 0.6) is 0 Å². The van der Waals surface area contributed by atoms with Gasteiger partial charge < -0.3 is 10.2 Å². The number of benzene rings is 1. The van der Waals surface area contributed by atoms with Crippen LogP contribution in [0.1, 0.15) is 30.4 Å². The molecule has 1 fully saturated rings. The van der Waals surface area contributed by atoms with Crippen molar-refractivity contribution >= 4 is 18.3 Å². The average Bonchev–Trinajstić information content (AvgIpc) is 2.82. The quantitative estimate of drug-likeness (QED) is 0.844. The summed E-state index contributed by atoms with van der Waals surface area (Å²) in [4.78, 5) is 14.3. The largest absolute Gasteiger partial charge is 0.333 e. The molecule has 0 radical (unpaired) electrons. The van der Waals surface area contributed by atoms with Crippen molar-refractivity contribution in [3.63, 3.8) is 0 Å². The van der Waals surface area contributed by atoms with Crippen LogP contribution in [0, 0.1) is 0 Å². The average molecular weight is 267 g/mol. The van der Waals surface area contributed by atoms with Crippen LogP contribution < -0.4 is 5.32 Å². The molecule has 3 rings (SSSR count). The number of nitrogens with zero attached hydrogens (tertiary/aromatic N) is 1. The molecule has 1 aromatic carbocycles. The van der Waals surface area contributed by atoms with E-state index in [0.29, 0.717) is 0 Å². The molecular weight excluding hydrogens is 248 g/mol. The van der Waals surface area contributed by atoms with Crippen molar-refractivity contribution in [2.24, 2.45) is 0 Å². The van der Waals surface area contributed by atoms with Gasteiger partial charge in [0.15, 0.2) is 0 Å². The standard InChI is InChI=1S/C14H18N2O.ClH/c17-14(13-7-3-4-8-15-13)16-9-11-5-1-2-6-12(11)10-16;/h1-2,5-6,13,15H,3-4,7-10H2;1H/t13-;/m1./s1. The summed E-state index contributed by atoms with van der Waals surface area (Å²) in [5, 5.41) is 3.33. The Morgan fingerprint density at radius 3 is 2.39 bits per heavy atom. The monoisotopic (exact) mass is 266 g/mol. The van der Waals surface area contributed by atoms with Crippen LogP contribution in [0.15, 0.2) is 24.3 Å². The Hall–Kier alpha value is -1.06. The molecule has 0 aromatic heterocycles. The lowest BCUT2D eigenvalue weighted by Crippen LogP contribution is -2.46. The second-order valence-electron chi connectivity index (χ2n) is 4.97. The Bertz CT molecular complexity index is 405. The summed E-state index contributed by atoms with van der Waals surface area (Å²) in [7, 11) is 0. The fourth-order valence-corrected chi connectivity index (χ4v) is 2.77. The topological polar surface area (TPSA) is 32.3 Å². The molecule has 0 bridgehead atoms. The van der Waals surface area contributed by atoms with E-state index in [1.807, 2.05) is 17.0 Å². The first-order valence-corrected chi connectivity index (χ1v) is 6.43. The summed E-state index contributed by atoms with van der Waals surface area (Å²) in [5.74, 6) is 0.279. The van der Waals surface area contributed by atoms with Crippen molar-refractivity contribution in [1.82, 2.24) is 10.2 Å². The van der Waals surface area contributed by atoms with Crippen molar-refractivity contribution in [2.45, 2.75) is 38.4 Å². The molecule has 18 heavy (non-hydrogen) atoms. The van der Waals surface area contributed by atoms with Gasteiger partial charge in [0.2, 0.25) is 5.91 Å². The molecule has 2 aliphatic rings. The zero-order chi connectivity index (χ0) is 11.7. The first-order chi connectivity index (χ1) is 8.34. The van der Waals surface area contributed by atoms with Gasteiger partial charge >= 0.3 is 0 Å². The summed E-state index contributed by atoms with van der Waals surface area (Å²) in [6.45, 7) is 2.55. The molecule has 1 amide bonds. The number of carbonyl (C=O) groups is 1. The van der Waals surface area contributed by atoms with Crippen LogP contribution in [-0.4, -0.2) is 23.4 Å². The molecule has 4 heteroatoms. The molecule has 98 valence electrons. The number of nitrogens with one attached hydrogen (secondary N) is 1. The number of fused-ring (bicyclic) bond motifs is 1. The molecule has 0 unspecified atom stereocenters. The molecule has 2 aliphatic heterocycles. The number of halogens is 1.